The highest BCUT2D eigenvalue weighted by molar-refractivity contribution is 6.05. The average Bonchev–Trinajstić information content (AvgIpc) is 2.83. The number of ether oxygens (including phenoxy) is 1. The average molecular weight is 500 g/mol. The fraction of sp³-hybridized carbons (Fsp3) is 0.259. The van der Waals surface area contributed by atoms with E-state index in [4.69, 9.17) is 4.74 Å². The Bertz CT molecular complexity index is 1180. The summed E-state index contributed by atoms with van der Waals surface area (Å²) in [6.45, 7) is 4.90. The minimum atomic E-state index is -4.51. The second-order valence-electron chi connectivity index (χ2n) is 8.57. The van der Waals surface area contributed by atoms with Gasteiger partial charge in [0, 0.05) is 22.6 Å². The largest absolute Gasteiger partial charge is 0.494 e. The van der Waals surface area contributed by atoms with Crippen molar-refractivity contribution in [2.75, 3.05) is 29.1 Å². The molecule has 3 aromatic rings. The molecule has 0 aliphatic carbocycles. The number of anilines is 3. The van der Waals surface area contributed by atoms with E-state index >= 15 is 0 Å². The van der Waals surface area contributed by atoms with Gasteiger partial charge in [-0.3, -0.25) is 9.59 Å². The molecule has 6 nitrogen and oxygen atoms in total. The molecule has 3 rings (SSSR count). The van der Waals surface area contributed by atoms with Crippen LogP contribution in [0.15, 0.2) is 72.8 Å². The molecule has 0 atom stereocenters. The molecule has 0 unspecified atom stereocenters. The van der Waals surface area contributed by atoms with Crippen molar-refractivity contribution in [2.24, 2.45) is 5.92 Å². The number of carbonyl (C=O) groups excluding carboxylic acids is 2. The fourth-order valence-corrected chi connectivity index (χ4v) is 3.18. The number of amides is 2. The molecule has 3 N–H and O–H groups in total. The first-order chi connectivity index (χ1) is 17.1. The lowest BCUT2D eigenvalue weighted by Gasteiger charge is -2.12. The van der Waals surface area contributed by atoms with Gasteiger partial charge in [0.25, 0.3) is 5.91 Å². The molecule has 0 radical (unpaired) electrons. The van der Waals surface area contributed by atoms with Crippen LogP contribution in [0.2, 0.25) is 0 Å². The van der Waals surface area contributed by atoms with Gasteiger partial charge in [0.2, 0.25) is 5.91 Å². The molecule has 0 aromatic heterocycles. The lowest BCUT2D eigenvalue weighted by molar-refractivity contribution is -0.137. The van der Waals surface area contributed by atoms with Crippen molar-refractivity contribution in [1.29, 1.82) is 0 Å². The lowest BCUT2D eigenvalue weighted by Crippen LogP contribution is -2.22. The zero-order chi connectivity index (χ0) is 26.1. The first-order valence-electron chi connectivity index (χ1n) is 11.5. The Morgan fingerprint density at radius 2 is 1.53 bits per heavy atom. The van der Waals surface area contributed by atoms with E-state index in [1.165, 1.54) is 24.3 Å². The fourth-order valence-electron chi connectivity index (χ4n) is 3.18. The maximum atomic E-state index is 12.9. The normalized spacial score (nSPS) is 11.2. The van der Waals surface area contributed by atoms with Crippen LogP contribution in [0.25, 0.3) is 0 Å². The number of carbonyl (C=O) groups is 2. The third-order valence-corrected chi connectivity index (χ3v) is 5.13. The Balaban J connectivity index is 1.52. The molecule has 0 aliphatic rings. The number of rotatable bonds is 10. The molecule has 9 heteroatoms. The number of halogens is 3. The second-order valence-corrected chi connectivity index (χ2v) is 8.57. The Hall–Kier alpha value is -4.01. The van der Waals surface area contributed by atoms with Gasteiger partial charge in [-0.15, -0.1) is 0 Å². The van der Waals surface area contributed by atoms with Crippen molar-refractivity contribution < 1.29 is 27.5 Å². The molecule has 0 saturated heterocycles. The summed E-state index contributed by atoms with van der Waals surface area (Å²) in [5, 5.41) is 8.16. The molecule has 0 fully saturated rings. The van der Waals surface area contributed by atoms with E-state index in [9.17, 15) is 22.8 Å². The minimum Gasteiger partial charge on any atom is -0.494 e. The van der Waals surface area contributed by atoms with E-state index < -0.39 is 17.6 Å². The molecule has 0 spiro atoms. The number of alkyl halides is 3. The van der Waals surface area contributed by atoms with Crippen LogP contribution in [0.5, 0.6) is 5.75 Å². The van der Waals surface area contributed by atoms with Gasteiger partial charge in [-0.05, 0) is 73.0 Å². The highest BCUT2D eigenvalue weighted by atomic mass is 19.4. The minimum absolute atomic E-state index is 0.00574. The van der Waals surface area contributed by atoms with Crippen LogP contribution in [0.4, 0.5) is 30.2 Å². The van der Waals surface area contributed by atoms with Crippen LogP contribution in [0.3, 0.4) is 0 Å². The predicted octanol–water partition coefficient (Wildman–Crippen LogP) is 6.43. The van der Waals surface area contributed by atoms with Crippen molar-refractivity contribution >= 4 is 28.9 Å². The monoisotopic (exact) mass is 499 g/mol. The van der Waals surface area contributed by atoms with Gasteiger partial charge in [0.15, 0.2) is 0 Å². The maximum Gasteiger partial charge on any atom is 0.416 e. The third kappa shape index (κ3) is 8.33. The van der Waals surface area contributed by atoms with Gasteiger partial charge in [-0.1, -0.05) is 26.0 Å². The van der Waals surface area contributed by atoms with E-state index in [0.717, 1.165) is 30.0 Å². The Morgan fingerprint density at radius 1 is 0.861 bits per heavy atom. The summed E-state index contributed by atoms with van der Waals surface area (Å²) in [5.74, 6) is 0.391. The quantitative estimate of drug-likeness (QED) is 0.300. The van der Waals surface area contributed by atoms with Gasteiger partial charge in [0.05, 0.1) is 18.7 Å². The predicted molar refractivity (Wildman–Crippen MR) is 134 cm³/mol. The van der Waals surface area contributed by atoms with Gasteiger partial charge in [-0.25, -0.2) is 0 Å². The number of hydrogen-bond acceptors (Lipinski definition) is 4. The molecule has 3 aromatic carbocycles. The summed E-state index contributed by atoms with van der Waals surface area (Å²) in [6.07, 6.45) is -3.55. The Kier molecular flexibility index (Phi) is 8.94. The van der Waals surface area contributed by atoms with E-state index in [1.807, 2.05) is 24.3 Å². The van der Waals surface area contributed by atoms with Crippen LogP contribution < -0.4 is 20.7 Å². The molecule has 2 amide bonds. The van der Waals surface area contributed by atoms with Crippen LogP contribution in [-0.2, 0) is 11.0 Å². The molecule has 36 heavy (non-hydrogen) atoms. The van der Waals surface area contributed by atoms with Crippen molar-refractivity contribution in [3.63, 3.8) is 0 Å². The number of nitrogens with one attached hydrogen (secondary N) is 3. The standard InChI is InChI=1S/C27H28F3N3O3/c1-18(2)13-14-36-24-11-9-21(10-12-24)31-17-25(34)32-22-7-3-5-19(15-22)26(35)33-23-8-4-6-20(16-23)27(28,29)30/h3-12,15-16,18,31H,13-14,17H2,1-2H3,(H,32,34)(H,33,35). The van der Waals surface area contributed by atoms with Crippen LogP contribution in [0, 0.1) is 5.92 Å². The second kappa shape index (κ2) is 12.1. The molecular weight excluding hydrogens is 471 g/mol. The molecule has 190 valence electrons. The third-order valence-electron chi connectivity index (χ3n) is 5.13. The smallest absolute Gasteiger partial charge is 0.416 e. The lowest BCUT2D eigenvalue weighted by atomic mass is 10.1. The van der Waals surface area contributed by atoms with Crippen LogP contribution >= 0.6 is 0 Å². The summed E-state index contributed by atoms with van der Waals surface area (Å²) in [4.78, 5) is 24.9. The molecule has 0 saturated carbocycles. The summed E-state index contributed by atoms with van der Waals surface area (Å²) < 4.78 is 44.4. The van der Waals surface area contributed by atoms with E-state index in [-0.39, 0.29) is 23.7 Å². The summed E-state index contributed by atoms with van der Waals surface area (Å²) in [5.41, 5.74) is 0.473. The highest BCUT2D eigenvalue weighted by Crippen LogP contribution is 2.30. The summed E-state index contributed by atoms with van der Waals surface area (Å²) >= 11 is 0. The van der Waals surface area contributed by atoms with Crippen molar-refractivity contribution in [2.45, 2.75) is 26.4 Å². The Morgan fingerprint density at radius 3 is 2.19 bits per heavy atom. The van der Waals surface area contributed by atoms with Crippen molar-refractivity contribution in [3.05, 3.63) is 83.9 Å². The van der Waals surface area contributed by atoms with E-state index in [0.29, 0.717) is 18.2 Å². The van der Waals surface area contributed by atoms with Crippen molar-refractivity contribution in [1.82, 2.24) is 0 Å². The van der Waals surface area contributed by atoms with Crippen LogP contribution in [0.1, 0.15) is 36.2 Å². The zero-order valence-electron chi connectivity index (χ0n) is 20.0. The first-order valence-corrected chi connectivity index (χ1v) is 11.5. The molecule has 0 heterocycles. The number of hydrogen-bond donors (Lipinski definition) is 3. The molecular formula is C27H28F3N3O3. The summed E-state index contributed by atoms with van der Waals surface area (Å²) in [6, 6.07) is 17.8. The number of benzene rings is 3. The zero-order valence-corrected chi connectivity index (χ0v) is 20.0. The van der Waals surface area contributed by atoms with Gasteiger partial charge >= 0.3 is 6.18 Å². The van der Waals surface area contributed by atoms with E-state index in [2.05, 4.69) is 29.8 Å². The SMILES string of the molecule is CC(C)CCOc1ccc(NCC(=O)Nc2cccc(C(=O)Nc3cccc(C(F)(F)F)c3)c2)cc1. The van der Waals surface area contributed by atoms with Gasteiger partial charge in [0.1, 0.15) is 5.75 Å². The topological polar surface area (TPSA) is 79.5 Å². The maximum absolute atomic E-state index is 12.9. The molecule has 0 aliphatic heterocycles. The van der Waals surface area contributed by atoms with E-state index in [1.54, 1.807) is 12.1 Å². The van der Waals surface area contributed by atoms with Crippen molar-refractivity contribution in [3.8, 4) is 5.75 Å². The van der Waals surface area contributed by atoms with Crippen LogP contribution in [-0.4, -0.2) is 25.0 Å². The highest BCUT2D eigenvalue weighted by Gasteiger charge is 2.30. The Labute approximate surface area is 207 Å². The summed E-state index contributed by atoms with van der Waals surface area (Å²) in [7, 11) is 0. The first kappa shape index (κ1) is 26.6. The molecule has 0 bridgehead atoms. The van der Waals surface area contributed by atoms with Gasteiger partial charge in [-0.2, -0.15) is 13.2 Å². The van der Waals surface area contributed by atoms with Gasteiger partial charge < -0.3 is 20.7 Å².